The Morgan fingerprint density at radius 2 is 2.21 bits per heavy atom. The molecule has 0 aliphatic heterocycles. The van der Waals surface area contributed by atoms with Crippen molar-refractivity contribution in [2.45, 2.75) is 62.4 Å². The molecule has 6 nitrogen and oxygen atoms in total. The Morgan fingerprint density at radius 3 is 2.89 bits per heavy atom. The van der Waals surface area contributed by atoms with E-state index in [0.29, 0.717) is 12.6 Å². The van der Waals surface area contributed by atoms with Gasteiger partial charge in [-0.15, -0.1) is 5.10 Å². The van der Waals surface area contributed by atoms with Gasteiger partial charge in [0.2, 0.25) is 11.1 Å². The molecule has 1 aromatic heterocycles. The third-order valence-corrected chi connectivity index (χ3v) is 4.43. The summed E-state index contributed by atoms with van der Waals surface area (Å²) in [4.78, 5) is 11.7. The van der Waals surface area contributed by atoms with Gasteiger partial charge >= 0.3 is 0 Å². The summed E-state index contributed by atoms with van der Waals surface area (Å²) >= 11 is 1.43. The van der Waals surface area contributed by atoms with E-state index < -0.39 is 0 Å². The largest absolute Gasteiger partial charge is 0.355 e. The fraction of sp³-hybridized carbons (Fsp3) is 0.833. The lowest BCUT2D eigenvalue weighted by Crippen LogP contribution is -2.30. The second-order valence-corrected chi connectivity index (χ2v) is 6.16. The van der Waals surface area contributed by atoms with Crippen molar-refractivity contribution in [2.24, 2.45) is 0 Å². The number of carbonyl (C=O) groups is 1. The fourth-order valence-corrected chi connectivity index (χ4v) is 3.23. The molecule has 1 aliphatic rings. The van der Waals surface area contributed by atoms with Crippen molar-refractivity contribution in [1.29, 1.82) is 0 Å². The van der Waals surface area contributed by atoms with Crippen LogP contribution in [0.5, 0.6) is 0 Å². The minimum atomic E-state index is -0.173. The van der Waals surface area contributed by atoms with Crippen LogP contribution in [0.3, 0.4) is 0 Å². The zero-order chi connectivity index (χ0) is 13.7. The van der Waals surface area contributed by atoms with Crippen molar-refractivity contribution < 1.29 is 4.79 Å². The monoisotopic (exact) mass is 283 g/mol. The van der Waals surface area contributed by atoms with Crippen LogP contribution in [0.15, 0.2) is 5.16 Å². The van der Waals surface area contributed by atoms with Gasteiger partial charge in [0.1, 0.15) is 0 Å². The summed E-state index contributed by atoms with van der Waals surface area (Å²) < 4.78 is 1.90. The number of hydrogen-bond donors (Lipinski definition) is 1. The van der Waals surface area contributed by atoms with Gasteiger partial charge in [0.05, 0.1) is 11.3 Å². The van der Waals surface area contributed by atoms with E-state index in [2.05, 4.69) is 20.8 Å². The molecule has 106 valence electrons. The topological polar surface area (TPSA) is 72.7 Å². The first kappa shape index (κ1) is 14.3. The molecule has 2 rings (SSSR count). The molecule has 1 atom stereocenters. The summed E-state index contributed by atoms with van der Waals surface area (Å²) in [5.74, 6) is 0.0331. The quantitative estimate of drug-likeness (QED) is 0.834. The van der Waals surface area contributed by atoms with E-state index in [1.54, 1.807) is 0 Å². The van der Waals surface area contributed by atoms with E-state index in [9.17, 15) is 4.79 Å². The molecule has 19 heavy (non-hydrogen) atoms. The van der Waals surface area contributed by atoms with Gasteiger partial charge in [-0.25, -0.2) is 4.68 Å². The maximum absolute atomic E-state index is 11.7. The van der Waals surface area contributed by atoms with Crippen LogP contribution in [-0.4, -0.2) is 37.9 Å². The molecule has 0 radical (unpaired) electrons. The number of nitrogens with one attached hydrogen (secondary N) is 1. The molecule has 0 bridgehead atoms. The first-order chi connectivity index (χ1) is 9.22. The average Bonchev–Trinajstić information content (AvgIpc) is 2.88. The third kappa shape index (κ3) is 3.68. The van der Waals surface area contributed by atoms with Gasteiger partial charge in [-0.1, -0.05) is 31.0 Å². The van der Waals surface area contributed by atoms with Crippen LogP contribution in [0.4, 0.5) is 0 Å². The Hall–Kier alpha value is -1.11. The minimum Gasteiger partial charge on any atom is -0.355 e. The first-order valence-corrected chi connectivity index (χ1v) is 7.82. The van der Waals surface area contributed by atoms with Crippen LogP contribution in [-0.2, 0) is 4.79 Å². The summed E-state index contributed by atoms with van der Waals surface area (Å²) in [6.07, 6.45) is 6.04. The molecule has 1 fully saturated rings. The maximum atomic E-state index is 11.7. The Labute approximate surface area is 117 Å². The highest BCUT2D eigenvalue weighted by atomic mass is 32.2. The smallest absolute Gasteiger partial charge is 0.233 e. The summed E-state index contributed by atoms with van der Waals surface area (Å²) in [6.45, 7) is 4.45. The van der Waals surface area contributed by atoms with Crippen LogP contribution in [0.1, 0.15) is 52.0 Å². The Morgan fingerprint density at radius 1 is 1.47 bits per heavy atom. The van der Waals surface area contributed by atoms with Gasteiger partial charge in [0, 0.05) is 6.54 Å². The number of hydrogen-bond acceptors (Lipinski definition) is 5. The van der Waals surface area contributed by atoms with E-state index in [-0.39, 0.29) is 11.2 Å². The van der Waals surface area contributed by atoms with E-state index in [1.807, 2.05) is 18.5 Å². The summed E-state index contributed by atoms with van der Waals surface area (Å²) in [5.41, 5.74) is 0. The number of carbonyl (C=O) groups excluding carboxylic acids is 1. The maximum Gasteiger partial charge on any atom is 0.233 e. The standard InChI is InChI=1S/C12H21N5OS/c1-3-13-11(18)9(2)19-12-14-15-16-17(12)10-7-5-4-6-8-10/h9-10H,3-8H2,1-2H3,(H,13,18). The lowest BCUT2D eigenvalue weighted by molar-refractivity contribution is -0.120. The lowest BCUT2D eigenvalue weighted by Gasteiger charge is -2.22. The first-order valence-electron chi connectivity index (χ1n) is 6.94. The van der Waals surface area contributed by atoms with Crippen molar-refractivity contribution in [3.63, 3.8) is 0 Å². The molecule has 1 saturated carbocycles. The molecule has 1 N–H and O–H groups in total. The molecule has 1 unspecified atom stereocenters. The number of amides is 1. The highest BCUT2D eigenvalue weighted by molar-refractivity contribution is 8.00. The molecule has 0 aromatic carbocycles. The fourth-order valence-electron chi connectivity index (χ4n) is 2.35. The number of tetrazole rings is 1. The molecule has 0 spiro atoms. The van der Waals surface area contributed by atoms with E-state index in [4.69, 9.17) is 0 Å². The Kier molecular flexibility index (Phi) is 5.18. The normalized spacial score (nSPS) is 18.2. The molecular formula is C12H21N5OS. The van der Waals surface area contributed by atoms with Crippen molar-refractivity contribution in [3.8, 4) is 0 Å². The predicted octanol–water partition coefficient (Wildman–Crippen LogP) is 1.79. The van der Waals surface area contributed by atoms with Crippen LogP contribution in [0, 0.1) is 0 Å². The number of rotatable bonds is 5. The number of thioether (sulfide) groups is 1. The Balaban J connectivity index is 2.00. The van der Waals surface area contributed by atoms with Crippen molar-refractivity contribution in [2.75, 3.05) is 6.54 Å². The second kappa shape index (κ2) is 6.88. The summed E-state index contributed by atoms with van der Waals surface area (Å²) in [5, 5.41) is 15.3. The predicted molar refractivity (Wildman–Crippen MR) is 73.9 cm³/mol. The van der Waals surface area contributed by atoms with Gasteiger partial charge in [-0.2, -0.15) is 0 Å². The summed E-state index contributed by atoms with van der Waals surface area (Å²) in [6, 6.07) is 0.396. The second-order valence-electron chi connectivity index (χ2n) is 4.85. The van der Waals surface area contributed by atoms with Crippen LogP contribution < -0.4 is 5.32 Å². The van der Waals surface area contributed by atoms with Crippen molar-refractivity contribution in [3.05, 3.63) is 0 Å². The molecule has 7 heteroatoms. The molecule has 0 saturated heterocycles. The Bertz CT molecular complexity index is 416. The van der Waals surface area contributed by atoms with Crippen molar-refractivity contribution in [1.82, 2.24) is 25.5 Å². The minimum absolute atomic E-state index is 0.0331. The molecular weight excluding hydrogens is 262 g/mol. The van der Waals surface area contributed by atoms with E-state index in [1.165, 1.54) is 31.0 Å². The van der Waals surface area contributed by atoms with Crippen LogP contribution in [0.2, 0.25) is 0 Å². The molecule has 1 heterocycles. The SMILES string of the molecule is CCNC(=O)C(C)Sc1nnnn1C1CCCCC1. The van der Waals surface area contributed by atoms with E-state index in [0.717, 1.165) is 18.0 Å². The lowest BCUT2D eigenvalue weighted by atomic mass is 9.96. The third-order valence-electron chi connectivity index (χ3n) is 3.39. The highest BCUT2D eigenvalue weighted by Crippen LogP contribution is 2.31. The summed E-state index contributed by atoms with van der Waals surface area (Å²) in [7, 11) is 0. The number of aromatic nitrogens is 4. The molecule has 1 aliphatic carbocycles. The zero-order valence-electron chi connectivity index (χ0n) is 11.5. The zero-order valence-corrected chi connectivity index (χ0v) is 12.3. The number of nitrogens with zero attached hydrogens (tertiary/aromatic N) is 4. The van der Waals surface area contributed by atoms with Crippen molar-refractivity contribution >= 4 is 17.7 Å². The highest BCUT2D eigenvalue weighted by Gasteiger charge is 2.23. The van der Waals surface area contributed by atoms with E-state index >= 15 is 0 Å². The average molecular weight is 283 g/mol. The van der Waals surface area contributed by atoms with Crippen LogP contribution >= 0.6 is 11.8 Å². The van der Waals surface area contributed by atoms with Gasteiger partial charge < -0.3 is 5.32 Å². The van der Waals surface area contributed by atoms with Gasteiger partial charge in [-0.05, 0) is 37.1 Å². The van der Waals surface area contributed by atoms with Crippen LogP contribution in [0.25, 0.3) is 0 Å². The van der Waals surface area contributed by atoms with Gasteiger partial charge in [0.25, 0.3) is 0 Å². The van der Waals surface area contributed by atoms with Gasteiger partial charge in [0.15, 0.2) is 0 Å². The van der Waals surface area contributed by atoms with Gasteiger partial charge in [-0.3, -0.25) is 4.79 Å². The molecule has 1 amide bonds. The molecule has 1 aromatic rings.